The van der Waals surface area contributed by atoms with Gasteiger partial charge in [-0.1, -0.05) is 12.2 Å². The van der Waals surface area contributed by atoms with E-state index in [1.165, 1.54) is 6.08 Å². The van der Waals surface area contributed by atoms with Crippen molar-refractivity contribution in [3.05, 3.63) is 12.2 Å². The Balaban J connectivity index is 2.14. The number of halogens is 6. The van der Waals surface area contributed by atoms with Gasteiger partial charge in [0.05, 0.1) is 0 Å². The van der Waals surface area contributed by atoms with E-state index in [0.29, 0.717) is 13.3 Å². The highest BCUT2D eigenvalue weighted by Gasteiger charge is 2.69. The van der Waals surface area contributed by atoms with Gasteiger partial charge in [-0.05, 0) is 32.6 Å². The topological polar surface area (TPSA) is 46.5 Å². The van der Waals surface area contributed by atoms with Crippen LogP contribution in [0.2, 0.25) is 0 Å². The van der Waals surface area contributed by atoms with Gasteiger partial charge < -0.3 is 9.84 Å². The molecule has 9 heteroatoms. The van der Waals surface area contributed by atoms with Gasteiger partial charge in [-0.15, -0.1) is 0 Å². The lowest BCUT2D eigenvalue weighted by Gasteiger charge is -2.38. The summed E-state index contributed by atoms with van der Waals surface area (Å²) < 4.78 is 84.4. The molecule has 0 heterocycles. The first-order valence-corrected chi connectivity index (χ1v) is 6.98. The Bertz CT molecular complexity index is 527. The van der Waals surface area contributed by atoms with Crippen LogP contribution in [0.1, 0.15) is 26.7 Å². The van der Waals surface area contributed by atoms with Crippen molar-refractivity contribution in [3.8, 4) is 0 Å². The molecule has 3 nitrogen and oxygen atoms in total. The third-order valence-electron chi connectivity index (χ3n) is 4.65. The second-order valence-electron chi connectivity index (χ2n) is 6.29. The van der Waals surface area contributed by atoms with Crippen molar-refractivity contribution < 1.29 is 41.0 Å². The van der Waals surface area contributed by atoms with Gasteiger partial charge in [-0.25, -0.2) is 9.18 Å². The molecule has 0 aliphatic heterocycles. The maximum atomic E-state index is 14.6. The third kappa shape index (κ3) is 2.62. The summed E-state index contributed by atoms with van der Waals surface area (Å²) in [4.78, 5) is 11.9. The first kappa shape index (κ1) is 18.1. The molecule has 2 rings (SSSR count). The highest BCUT2D eigenvalue weighted by atomic mass is 19.4. The van der Waals surface area contributed by atoms with Crippen LogP contribution in [0.15, 0.2) is 12.2 Å². The second-order valence-corrected chi connectivity index (χ2v) is 6.29. The van der Waals surface area contributed by atoms with Gasteiger partial charge in [-0.2, -0.15) is 22.0 Å². The Kier molecular flexibility index (Phi) is 4.03. The van der Waals surface area contributed by atoms with Gasteiger partial charge >= 0.3 is 18.1 Å². The van der Waals surface area contributed by atoms with Crippen LogP contribution >= 0.6 is 0 Å². The normalized spacial score (nSPS) is 34.3. The van der Waals surface area contributed by atoms with Crippen molar-refractivity contribution >= 4 is 5.97 Å². The van der Waals surface area contributed by atoms with Crippen LogP contribution in [0.25, 0.3) is 0 Å². The molecule has 0 saturated heterocycles. The lowest BCUT2D eigenvalue weighted by molar-refractivity contribution is -0.341. The maximum absolute atomic E-state index is 14.6. The fraction of sp³-hybridized carbons (Fsp3) is 0.786. The number of aliphatic hydroxyl groups is 1. The number of carbonyl (C=O) groups is 1. The molecule has 1 N–H and O–H groups in total. The Hall–Kier alpha value is -1.25. The molecule has 1 saturated carbocycles. The summed E-state index contributed by atoms with van der Waals surface area (Å²) in [6.45, 7) is 0.368. The van der Waals surface area contributed by atoms with Gasteiger partial charge in [0.2, 0.25) is 11.3 Å². The van der Waals surface area contributed by atoms with Crippen LogP contribution in [0.5, 0.6) is 0 Å². The van der Waals surface area contributed by atoms with Crippen molar-refractivity contribution in [2.24, 2.45) is 11.8 Å². The van der Waals surface area contributed by atoms with Gasteiger partial charge in [0.1, 0.15) is 0 Å². The molecule has 2 bridgehead atoms. The van der Waals surface area contributed by atoms with E-state index in [4.69, 9.17) is 5.11 Å². The lowest BCUT2D eigenvalue weighted by atomic mass is 9.89. The average molecular weight is 346 g/mol. The van der Waals surface area contributed by atoms with E-state index in [1.807, 2.05) is 0 Å². The summed E-state index contributed by atoms with van der Waals surface area (Å²) in [5.41, 5.74) is -6.94. The average Bonchev–Trinajstić information content (AvgIpc) is 2.97. The van der Waals surface area contributed by atoms with E-state index in [0.717, 1.165) is 0 Å². The summed E-state index contributed by atoms with van der Waals surface area (Å²) in [6, 6.07) is 0. The van der Waals surface area contributed by atoms with E-state index in [9.17, 15) is 31.1 Å². The van der Waals surface area contributed by atoms with Gasteiger partial charge in [-0.3, -0.25) is 0 Å². The molecule has 132 valence electrons. The smallest absolute Gasteiger partial charge is 0.423 e. The van der Waals surface area contributed by atoms with Crippen molar-refractivity contribution in [1.82, 2.24) is 0 Å². The zero-order chi connectivity index (χ0) is 17.8. The largest absolute Gasteiger partial charge is 0.454 e. The Labute approximate surface area is 128 Å². The highest BCUT2D eigenvalue weighted by Crippen LogP contribution is 2.50. The molecule has 0 spiro atoms. The fourth-order valence-corrected chi connectivity index (χ4v) is 2.95. The van der Waals surface area contributed by atoms with E-state index < -0.39 is 41.4 Å². The van der Waals surface area contributed by atoms with Gasteiger partial charge in [0, 0.05) is 5.92 Å². The van der Waals surface area contributed by atoms with Crippen molar-refractivity contribution in [3.63, 3.8) is 0 Å². The van der Waals surface area contributed by atoms with Crippen LogP contribution in [-0.4, -0.2) is 40.5 Å². The Morgan fingerprint density at radius 1 is 1.30 bits per heavy atom. The van der Waals surface area contributed by atoms with E-state index in [-0.39, 0.29) is 19.3 Å². The molecule has 0 aromatic carbocycles. The third-order valence-corrected chi connectivity index (χ3v) is 4.65. The number of hydrogen-bond donors (Lipinski definition) is 1. The van der Waals surface area contributed by atoms with Gasteiger partial charge in [0.25, 0.3) is 0 Å². The zero-order valence-electron chi connectivity index (χ0n) is 12.3. The summed E-state index contributed by atoms with van der Waals surface area (Å²) in [6.07, 6.45) is -5.09. The zero-order valence-corrected chi connectivity index (χ0v) is 12.3. The minimum absolute atomic E-state index is 0.122. The van der Waals surface area contributed by atoms with Crippen molar-refractivity contribution in [2.45, 2.75) is 56.2 Å². The van der Waals surface area contributed by atoms with E-state index in [1.54, 1.807) is 6.08 Å². The molecule has 2 aliphatic carbocycles. The molecule has 2 aliphatic rings. The number of carbonyl (C=O) groups excluding carboxylic acids is 1. The molecule has 0 aromatic heterocycles. The summed E-state index contributed by atoms with van der Waals surface area (Å²) in [7, 11) is 0. The Morgan fingerprint density at radius 3 is 2.26 bits per heavy atom. The lowest BCUT2D eigenvalue weighted by Crippen LogP contribution is -2.62. The maximum Gasteiger partial charge on any atom is 0.423 e. The van der Waals surface area contributed by atoms with Crippen LogP contribution in [-0.2, 0) is 9.53 Å². The fourth-order valence-electron chi connectivity index (χ4n) is 2.95. The minimum Gasteiger partial charge on any atom is -0.454 e. The quantitative estimate of drug-likeness (QED) is 0.483. The minimum atomic E-state index is -5.65. The number of esters is 1. The van der Waals surface area contributed by atoms with E-state index in [2.05, 4.69) is 4.74 Å². The van der Waals surface area contributed by atoms with Crippen molar-refractivity contribution in [1.29, 1.82) is 0 Å². The summed E-state index contributed by atoms with van der Waals surface area (Å²) >= 11 is 0. The standard InChI is InChI=1S/C14H16F6O3/c1-7(13(16,17)11(2,22)14(18,19)20)23-10(21)12(15)6-8-3-4-9(12)5-8/h3-4,7-9,22H,5-6H2,1-2H3. The molecular formula is C14H16F6O3. The summed E-state index contributed by atoms with van der Waals surface area (Å²) in [5, 5.41) is 9.13. The first-order valence-electron chi connectivity index (χ1n) is 6.98. The molecule has 1 fully saturated rings. The van der Waals surface area contributed by atoms with Crippen LogP contribution in [0.4, 0.5) is 26.3 Å². The molecular weight excluding hydrogens is 330 g/mol. The number of ether oxygens (including phenoxy) is 1. The highest BCUT2D eigenvalue weighted by molar-refractivity contribution is 5.81. The van der Waals surface area contributed by atoms with Crippen molar-refractivity contribution in [2.75, 3.05) is 0 Å². The van der Waals surface area contributed by atoms with Crippen LogP contribution in [0, 0.1) is 11.8 Å². The second kappa shape index (κ2) is 5.12. The first-order chi connectivity index (χ1) is 10.2. The van der Waals surface area contributed by atoms with Crippen LogP contribution in [0.3, 0.4) is 0 Å². The number of hydrogen-bond acceptors (Lipinski definition) is 3. The molecule has 5 unspecified atom stereocenters. The number of allylic oxidation sites excluding steroid dienone is 2. The predicted octanol–water partition coefficient (Wildman–Crippen LogP) is 3.17. The molecule has 5 atom stereocenters. The molecule has 0 radical (unpaired) electrons. The molecule has 23 heavy (non-hydrogen) atoms. The Morgan fingerprint density at radius 2 is 1.87 bits per heavy atom. The van der Waals surface area contributed by atoms with Crippen LogP contribution < -0.4 is 0 Å². The summed E-state index contributed by atoms with van der Waals surface area (Å²) in [5.74, 6) is -7.51. The SMILES string of the molecule is CC(OC(=O)C1(F)CC2C=CC1C2)C(F)(F)C(C)(O)C(F)(F)F. The predicted molar refractivity (Wildman–Crippen MR) is 66.4 cm³/mol. The monoisotopic (exact) mass is 346 g/mol. The molecule has 0 aromatic rings. The number of rotatable bonds is 4. The molecule has 0 amide bonds. The van der Waals surface area contributed by atoms with E-state index >= 15 is 0 Å². The number of alkyl halides is 6. The van der Waals surface area contributed by atoms with Gasteiger partial charge in [0.15, 0.2) is 6.10 Å². The number of fused-ring (bicyclic) bond motifs is 2.